The highest BCUT2D eigenvalue weighted by atomic mass is 19.4. The minimum absolute atomic E-state index is 0.177. The van der Waals surface area contributed by atoms with E-state index in [0.29, 0.717) is 11.4 Å². The third kappa shape index (κ3) is 3.43. The maximum atomic E-state index is 12.0. The second kappa shape index (κ2) is 5.15. The largest absolute Gasteiger partial charge is 0.416 e. The van der Waals surface area contributed by atoms with Gasteiger partial charge in [0.25, 0.3) is 0 Å². The van der Waals surface area contributed by atoms with Gasteiger partial charge in [-0.25, -0.2) is 15.8 Å². The number of halogens is 3. The normalized spacial score (nSPS) is 13.3. The van der Waals surface area contributed by atoms with Gasteiger partial charge in [-0.05, 0) is 6.92 Å². The van der Waals surface area contributed by atoms with E-state index in [2.05, 4.69) is 20.7 Å². The van der Waals surface area contributed by atoms with Crippen LogP contribution >= 0.6 is 0 Å². The van der Waals surface area contributed by atoms with E-state index in [1.165, 1.54) is 0 Å². The number of aliphatic hydroxyl groups excluding tert-OH is 1. The second-order valence-electron chi connectivity index (χ2n) is 3.28. The predicted octanol–water partition coefficient (Wildman–Crippen LogP) is 0.406. The van der Waals surface area contributed by atoms with Crippen LogP contribution in [0, 0.1) is 6.92 Å². The molecular formula is C8H12F3N5O. The van der Waals surface area contributed by atoms with E-state index in [1.807, 2.05) is 0 Å². The Morgan fingerprint density at radius 1 is 1.41 bits per heavy atom. The van der Waals surface area contributed by atoms with Crippen molar-refractivity contribution in [2.24, 2.45) is 5.84 Å². The summed E-state index contributed by atoms with van der Waals surface area (Å²) in [6, 6.07) is 0. The molecule has 9 heteroatoms. The first-order chi connectivity index (χ1) is 7.86. The van der Waals surface area contributed by atoms with Crippen LogP contribution in [0.25, 0.3) is 0 Å². The molecule has 17 heavy (non-hydrogen) atoms. The lowest BCUT2D eigenvalue weighted by molar-refractivity contribution is -0.198. The summed E-state index contributed by atoms with van der Waals surface area (Å²) in [6.07, 6.45) is -5.97. The molecular weight excluding hydrogens is 239 g/mol. The Morgan fingerprint density at radius 2 is 2.00 bits per heavy atom. The number of anilines is 2. The number of hydrogen-bond donors (Lipinski definition) is 4. The standard InChI is InChI=1S/C8H12F3N5O/c1-4-6(14-3-15-7(4)16-12)13-2-5(17)8(9,10)11/h3,5,17H,2,12H2,1H3,(H2,13,14,15,16). The Morgan fingerprint density at radius 3 is 2.53 bits per heavy atom. The van der Waals surface area contributed by atoms with E-state index in [-0.39, 0.29) is 5.82 Å². The third-order valence-corrected chi connectivity index (χ3v) is 2.06. The number of hydrogen-bond acceptors (Lipinski definition) is 6. The topological polar surface area (TPSA) is 96.1 Å². The molecule has 0 saturated carbocycles. The minimum Gasteiger partial charge on any atom is -0.382 e. The number of aliphatic hydroxyl groups is 1. The van der Waals surface area contributed by atoms with Gasteiger partial charge in [0.15, 0.2) is 6.10 Å². The van der Waals surface area contributed by atoms with Crippen molar-refractivity contribution in [2.75, 3.05) is 17.3 Å². The van der Waals surface area contributed by atoms with Crippen LogP contribution in [0.1, 0.15) is 5.56 Å². The molecule has 0 bridgehead atoms. The van der Waals surface area contributed by atoms with Gasteiger partial charge >= 0.3 is 6.18 Å². The van der Waals surface area contributed by atoms with Crippen molar-refractivity contribution in [3.63, 3.8) is 0 Å². The summed E-state index contributed by atoms with van der Waals surface area (Å²) in [5.41, 5.74) is 2.74. The first-order valence-corrected chi connectivity index (χ1v) is 4.63. The Hall–Kier alpha value is -1.61. The molecule has 1 aromatic rings. The predicted molar refractivity (Wildman–Crippen MR) is 55.1 cm³/mol. The Labute approximate surface area is 95.0 Å². The monoisotopic (exact) mass is 251 g/mol. The number of aromatic nitrogens is 2. The molecule has 96 valence electrons. The van der Waals surface area contributed by atoms with Crippen molar-refractivity contribution >= 4 is 11.6 Å². The molecule has 0 aliphatic carbocycles. The lowest BCUT2D eigenvalue weighted by Crippen LogP contribution is -2.35. The molecule has 0 radical (unpaired) electrons. The van der Waals surface area contributed by atoms with E-state index in [9.17, 15) is 13.2 Å². The molecule has 1 unspecified atom stereocenters. The van der Waals surface area contributed by atoms with Crippen molar-refractivity contribution in [1.29, 1.82) is 0 Å². The fourth-order valence-corrected chi connectivity index (χ4v) is 1.08. The van der Waals surface area contributed by atoms with E-state index in [0.717, 1.165) is 6.33 Å². The highest BCUT2D eigenvalue weighted by Crippen LogP contribution is 2.21. The lowest BCUT2D eigenvalue weighted by atomic mass is 10.3. The molecule has 1 aromatic heterocycles. The van der Waals surface area contributed by atoms with Gasteiger partial charge in [0.1, 0.15) is 18.0 Å². The first kappa shape index (κ1) is 13.5. The van der Waals surface area contributed by atoms with Crippen LogP contribution in [0.4, 0.5) is 24.8 Å². The molecule has 6 nitrogen and oxygen atoms in total. The highest BCUT2D eigenvalue weighted by molar-refractivity contribution is 5.55. The third-order valence-electron chi connectivity index (χ3n) is 2.06. The average molecular weight is 251 g/mol. The SMILES string of the molecule is Cc1c(NN)ncnc1NCC(O)C(F)(F)F. The van der Waals surface area contributed by atoms with Crippen LogP contribution in [-0.2, 0) is 0 Å². The van der Waals surface area contributed by atoms with Crippen LogP contribution in [0.3, 0.4) is 0 Å². The zero-order chi connectivity index (χ0) is 13.1. The quantitative estimate of drug-likeness (QED) is 0.457. The van der Waals surface area contributed by atoms with Crippen molar-refractivity contribution < 1.29 is 18.3 Å². The number of hydrazine groups is 1. The van der Waals surface area contributed by atoms with E-state index < -0.39 is 18.8 Å². The molecule has 0 fully saturated rings. The van der Waals surface area contributed by atoms with Crippen molar-refractivity contribution in [3.8, 4) is 0 Å². The summed E-state index contributed by atoms with van der Waals surface area (Å²) < 4.78 is 36.1. The number of nitrogen functional groups attached to an aromatic ring is 1. The molecule has 5 N–H and O–H groups in total. The van der Waals surface area contributed by atoms with Crippen LogP contribution in [0.15, 0.2) is 6.33 Å². The Bertz CT molecular complexity index is 384. The second-order valence-corrected chi connectivity index (χ2v) is 3.28. The number of nitrogens with zero attached hydrogens (tertiary/aromatic N) is 2. The van der Waals surface area contributed by atoms with Crippen LogP contribution < -0.4 is 16.6 Å². The molecule has 0 saturated heterocycles. The van der Waals surface area contributed by atoms with Crippen LogP contribution in [0.5, 0.6) is 0 Å². The molecule has 0 aromatic carbocycles. The van der Waals surface area contributed by atoms with Crippen LogP contribution in [-0.4, -0.2) is 33.9 Å². The molecule has 1 heterocycles. The summed E-state index contributed by atoms with van der Waals surface area (Å²) in [4.78, 5) is 7.51. The highest BCUT2D eigenvalue weighted by Gasteiger charge is 2.37. The van der Waals surface area contributed by atoms with Crippen molar-refractivity contribution in [1.82, 2.24) is 9.97 Å². The molecule has 0 spiro atoms. The minimum atomic E-state index is -4.66. The van der Waals surface area contributed by atoms with Gasteiger partial charge in [-0.3, -0.25) is 0 Å². The van der Waals surface area contributed by atoms with Gasteiger partial charge in [-0.2, -0.15) is 13.2 Å². The smallest absolute Gasteiger partial charge is 0.382 e. The van der Waals surface area contributed by atoms with Gasteiger partial charge in [-0.1, -0.05) is 0 Å². The maximum absolute atomic E-state index is 12.0. The zero-order valence-electron chi connectivity index (χ0n) is 8.91. The molecule has 0 amide bonds. The van der Waals surface area contributed by atoms with Gasteiger partial charge in [0.05, 0.1) is 6.54 Å². The Balaban J connectivity index is 2.70. The maximum Gasteiger partial charge on any atom is 0.416 e. The van der Waals surface area contributed by atoms with Gasteiger partial charge in [-0.15, -0.1) is 0 Å². The zero-order valence-corrected chi connectivity index (χ0v) is 8.91. The lowest BCUT2D eigenvalue weighted by Gasteiger charge is -2.16. The molecule has 0 aliphatic heterocycles. The number of rotatable bonds is 4. The number of alkyl halides is 3. The first-order valence-electron chi connectivity index (χ1n) is 4.63. The van der Waals surface area contributed by atoms with Gasteiger partial charge in [0.2, 0.25) is 0 Å². The summed E-state index contributed by atoms with van der Waals surface area (Å²) >= 11 is 0. The van der Waals surface area contributed by atoms with E-state index in [4.69, 9.17) is 10.9 Å². The summed E-state index contributed by atoms with van der Waals surface area (Å²) in [5, 5.41) is 11.2. The molecule has 1 rings (SSSR count). The van der Waals surface area contributed by atoms with Gasteiger partial charge in [0, 0.05) is 5.56 Å². The fourth-order valence-electron chi connectivity index (χ4n) is 1.08. The van der Waals surface area contributed by atoms with Crippen molar-refractivity contribution in [2.45, 2.75) is 19.2 Å². The Kier molecular flexibility index (Phi) is 4.07. The van der Waals surface area contributed by atoms with Crippen molar-refractivity contribution in [3.05, 3.63) is 11.9 Å². The number of nitrogens with one attached hydrogen (secondary N) is 2. The van der Waals surface area contributed by atoms with Gasteiger partial charge < -0.3 is 15.8 Å². The molecule has 0 aliphatic rings. The summed E-state index contributed by atoms with van der Waals surface area (Å²) in [5.74, 6) is 5.62. The van der Waals surface area contributed by atoms with E-state index in [1.54, 1.807) is 6.92 Å². The van der Waals surface area contributed by atoms with E-state index >= 15 is 0 Å². The van der Waals surface area contributed by atoms with Crippen LogP contribution in [0.2, 0.25) is 0 Å². The summed E-state index contributed by atoms with van der Waals surface area (Å²) in [6.45, 7) is 0.892. The number of nitrogens with two attached hydrogens (primary N) is 1. The molecule has 1 atom stereocenters. The fraction of sp³-hybridized carbons (Fsp3) is 0.500. The average Bonchev–Trinajstić information content (AvgIpc) is 2.26. The summed E-state index contributed by atoms with van der Waals surface area (Å²) in [7, 11) is 0.